The molecule has 1 aliphatic rings. The number of anilines is 1. The standard InChI is InChI=1S/C26H21Cl2N3O3/c1-2-34-25(33)22-23(18-13-12-17(27)14-19(18)28)31-21-11-7-6-10-20(21)29-26(31)30(24(22)32)15-16-8-4-3-5-9-16/h3-14,22-23H,2,15H2,1H3/t22-,23-/m1/s1. The average Bonchev–Trinajstić information content (AvgIpc) is 3.21. The van der Waals surface area contributed by atoms with Gasteiger partial charge >= 0.3 is 5.97 Å². The first kappa shape index (κ1) is 22.4. The van der Waals surface area contributed by atoms with E-state index in [-0.39, 0.29) is 19.1 Å². The minimum atomic E-state index is -1.15. The van der Waals surface area contributed by atoms with E-state index >= 15 is 0 Å². The summed E-state index contributed by atoms with van der Waals surface area (Å²) in [5, 5.41) is 0.824. The van der Waals surface area contributed by atoms with Crippen LogP contribution >= 0.6 is 23.2 Å². The Morgan fingerprint density at radius 3 is 2.50 bits per heavy atom. The molecule has 2 heterocycles. The lowest BCUT2D eigenvalue weighted by molar-refractivity contribution is -0.153. The zero-order valence-corrected chi connectivity index (χ0v) is 19.8. The van der Waals surface area contributed by atoms with E-state index in [2.05, 4.69) is 0 Å². The third kappa shape index (κ3) is 3.83. The predicted molar refractivity (Wildman–Crippen MR) is 132 cm³/mol. The van der Waals surface area contributed by atoms with Crippen molar-refractivity contribution in [2.45, 2.75) is 19.5 Å². The Morgan fingerprint density at radius 1 is 1.03 bits per heavy atom. The molecule has 2 atom stereocenters. The first-order chi connectivity index (χ1) is 16.5. The number of amides is 1. The van der Waals surface area contributed by atoms with Gasteiger partial charge in [-0.1, -0.05) is 71.7 Å². The molecule has 0 aliphatic carbocycles. The summed E-state index contributed by atoms with van der Waals surface area (Å²) < 4.78 is 7.29. The number of benzene rings is 3. The van der Waals surface area contributed by atoms with Crippen LogP contribution in [0.25, 0.3) is 11.0 Å². The van der Waals surface area contributed by atoms with Crippen LogP contribution in [0.1, 0.15) is 24.1 Å². The Labute approximate surface area is 206 Å². The quantitative estimate of drug-likeness (QED) is 0.265. The van der Waals surface area contributed by atoms with E-state index in [4.69, 9.17) is 32.9 Å². The summed E-state index contributed by atoms with van der Waals surface area (Å²) in [4.78, 5) is 33.6. The van der Waals surface area contributed by atoms with Gasteiger partial charge in [-0.15, -0.1) is 0 Å². The number of carbonyl (C=O) groups excluding carboxylic acids is 2. The van der Waals surface area contributed by atoms with Crippen molar-refractivity contribution in [3.8, 4) is 0 Å². The molecule has 6 nitrogen and oxygen atoms in total. The summed E-state index contributed by atoms with van der Waals surface area (Å²) in [5.74, 6) is -1.69. The van der Waals surface area contributed by atoms with Crippen molar-refractivity contribution < 1.29 is 14.3 Å². The van der Waals surface area contributed by atoms with Crippen molar-refractivity contribution >= 4 is 52.1 Å². The van der Waals surface area contributed by atoms with Gasteiger partial charge in [0.2, 0.25) is 11.9 Å². The molecule has 0 radical (unpaired) electrons. The van der Waals surface area contributed by atoms with Gasteiger partial charge < -0.3 is 9.30 Å². The summed E-state index contributed by atoms with van der Waals surface area (Å²) in [6.45, 7) is 2.13. The smallest absolute Gasteiger partial charge is 0.321 e. The van der Waals surface area contributed by atoms with Crippen molar-refractivity contribution in [1.82, 2.24) is 9.55 Å². The summed E-state index contributed by atoms with van der Waals surface area (Å²) in [7, 11) is 0. The molecule has 172 valence electrons. The van der Waals surface area contributed by atoms with Crippen molar-refractivity contribution in [2.75, 3.05) is 11.5 Å². The maximum Gasteiger partial charge on any atom is 0.321 e. The number of para-hydroxylation sites is 2. The van der Waals surface area contributed by atoms with E-state index in [1.807, 2.05) is 59.2 Å². The lowest BCUT2D eigenvalue weighted by Crippen LogP contribution is -2.49. The van der Waals surface area contributed by atoms with Crippen LogP contribution in [0.4, 0.5) is 5.95 Å². The van der Waals surface area contributed by atoms with Gasteiger partial charge in [-0.3, -0.25) is 14.5 Å². The first-order valence-electron chi connectivity index (χ1n) is 10.9. The minimum absolute atomic E-state index is 0.153. The third-order valence-electron chi connectivity index (χ3n) is 5.95. The minimum Gasteiger partial charge on any atom is -0.465 e. The van der Waals surface area contributed by atoms with Crippen molar-refractivity contribution in [1.29, 1.82) is 0 Å². The molecule has 1 aliphatic heterocycles. The van der Waals surface area contributed by atoms with Crippen molar-refractivity contribution in [3.05, 3.63) is 94.0 Å². The van der Waals surface area contributed by atoms with E-state index in [1.54, 1.807) is 30.0 Å². The lowest BCUT2D eigenvalue weighted by Gasteiger charge is -2.38. The van der Waals surface area contributed by atoms with Crippen LogP contribution in [0.3, 0.4) is 0 Å². The van der Waals surface area contributed by atoms with Gasteiger partial charge in [-0.05, 0) is 42.3 Å². The molecule has 0 unspecified atom stereocenters. The summed E-state index contributed by atoms with van der Waals surface area (Å²) in [6.07, 6.45) is 0. The van der Waals surface area contributed by atoms with Gasteiger partial charge in [0.25, 0.3) is 0 Å². The zero-order valence-electron chi connectivity index (χ0n) is 18.3. The molecule has 0 fully saturated rings. The number of ether oxygens (including phenoxy) is 1. The summed E-state index contributed by atoms with van der Waals surface area (Å²) in [5.41, 5.74) is 3.01. The molecular formula is C26H21Cl2N3O3. The number of hydrogen-bond acceptors (Lipinski definition) is 4. The van der Waals surface area contributed by atoms with Crippen LogP contribution in [0, 0.1) is 5.92 Å². The number of fused-ring (bicyclic) bond motifs is 3. The zero-order chi connectivity index (χ0) is 23.8. The molecule has 4 aromatic rings. The number of rotatable bonds is 5. The van der Waals surface area contributed by atoms with Crippen LogP contribution in [0.15, 0.2) is 72.8 Å². The molecular weight excluding hydrogens is 473 g/mol. The van der Waals surface area contributed by atoms with Gasteiger partial charge in [0.15, 0.2) is 5.92 Å². The summed E-state index contributed by atoms with van der Waals surface area (Å²) >= 11 is 12.8. The van der Waals surface area contributed by atoms with Crippen LogP contribution in [0.5, 0.6) is 0 Å². The molecule has 0 saturated heterocycles. The highest BCUT2D eigenvalue weighted by Crippen LogP contribution is 2.44. The Hall–Kier alpha value is -3.35. The Balaban J connectivity index is 1.77. The van der Waals surface area contributed by atoms with Crippen molar-refractivity contribution in [3.63, 3.8) is 0 Å². The number of aromatic nitrogens is 2. The maximum atomic E-state index is 14.0. The number of carbonyl (C=O) groups is 2. The predicted octanol–water partition coefficient (Wildman–Crippen LogP) is 5.66. The van der Waals surface area contributed by atoms with Gasteiger partial charge in [-0.2, -0.15) is 0 Å². The Kier molecular flexibility index (Phi) is 6.02. The van der Waals surface area contributed by atoms with E-state index in [1.165, 1.54) is 0 Å². The average molecular weight is 494 g/mol. The van der Waals surface area contributed by atoms with Gasteiger partial charge in [0, 0.05) is 10.0 Å². The van der Waals surface area contributed by atoms with Crippen LogP contribution in [-0.2, 0) is 20.9 Å². The topological polar surface area (TPSA) is 64.4 Å². The molecule has 0 spiro atoms. The number of halogens is 2. The van der Waals surface area contributed by atoms with E-state index in [9.17, 15) is 9.59 Å². The monoisotopic (exact) mass is 493 g/mol. The largest absolute Gasteiger partial charge is 0.465 e. The molecule has 0 bridgehead atoms. The van der Waals surface area contributed by atoms with E-state index in [0.29, 0.717) is 27.1 Å². The third-order valence-corrected chi connectivity index (χ3v) is 6.51. The second-order valence-electron chi connectivity index (χ2n) is 8.02. The second kappa shape index (κ2) is 9.12. The SMILES string of the molecule is CCOC(=O)[C@H]1C(=O)N(Cc2ccccc2)c2nc3ccccc3n2[C@@H]1c1ccc(Cl)cc1Cl. The van der Waals surface area contributed by atoms with Crippen LogP contribution in [0.2, 0.25) is 10.0 Å². The molecule has 8 heteroatoms. The number of hydrogen-bond donors (Lipinski definition) is 0. The fourth-order valence-electron chi connectivity index (χ4n) is 4.48. The molecule has 3 aromatic carbocycles. The normalized spacial score (nSPS) is 17.6. The van der Waals surface area contributed by atoms with Crippen LogP contribution < -0.4 is 4.90 Å². The maximum absolute atomic E-state index is 14.0. The fraction of sp³-hybridized carbons (Fsp3) is 0.192. The van der Waals surface area contributed by atoms with E-state index < -0.39 is 17.9 Å². The number of imidazole rings is 1. The molecule has 0 N–H and O–H groups in total. The number of nitrogens with zero attached hydrogens (tertiary/aromatic N) is 3. The molecule has 5 rings (SSSR count). The molecule has 1 aromatic heterocycles. The molecule has 34 heavy (non-hydrogen) atoms. The van der Waals surface area contributed by atoms with Crippen molar-refractivity contribution in [2.24, 2.45) is 5.92 Å². The highest BCUT2D eigenvalue weighted by atomic mass is 35.5. The summed E-state index contributed by atoms with van der Waals surface area (Å²) in [6, 6.07) is 21.5. The first-order valence-corrected chi connectivity index (χ1v) is 11.7. The lowest BCUT2D eigenvalue weighted by atomic mass is 9.89. The number of esters is 1. The fourth-order valence-corrected chi connectivity index (χ4v) is 5.00. The van der Waals surface area contributed by atoms with E-state index in [0.717, 1.165) is 11.1 Å². The second-order valence-corrected chi connectivity index (χ2v) is 8.86. The highest BCUT2D eigenvalue weighted by Gasteiger charge is 2.48. The van der Waals surface area contributed by atoms with Gasteiger partial charge in [0.1, 0.15) is 0 Å². The van der Waals surface area contributed by atoms with Crippen LogP contribution in [-0.4, -0.2) is 28.0 Å². The Morgan fingerprint density at radius 2 is 1.76 bits per heavy atom. The Bertz CT molecular complexity index is 1390. The highest BCUT2D eigenvalue weighted by molar-refractivity contribution is 6.35. The molecule has 0 saturated carbocycles. The molecule has 1 amide bonds. The van der Waals surface area contributed by atoms with Gasteiger partial charge in [-0.25, -0.2) is 4.98 Å². The van der Waals surface area contributed by atoms with Gasteiger partial charge in [0.05, 0.1) is 30.2 Å².